The minimum absolute atomic E-state index is 0.278. The number of benzene rings is 1. The predicted molar refractivity (Wildman–Crippen MR) is 47.0 cm³/mol. The van der Waals surface area contributed by atoms with Gasteiger partial charge in [-0.1, -0.05) is 0 Å². The lowest BCUT2D eigenvalue weighted by Crippen LogP contribution is -2.05. The van der Waals surface area contributed by atoms with Crippen LogP contribution in [-0.2, 0) is 4.79 Å². The molecule has 0 atom stereocenters. The van der Waals surface area contributed by atoms with Crippen LogP contribution in [0.1, 0.15) is 12.0 Å². The maximum Gasteiger partial charge on any atom is 0.325 e. The first-order valence-electron chi connectivity index (χ1n) is 3.84. The van der Waals surface area contributed by atoms with Crippen molar-refractivity contribution in [2.45, 2.75) is 6.42 Å². The van der Waals surface area contributed by atoms with Gasteiger partial charge in [0.2, 0.25) is 0 Å². The molecule has 1 aromatic carbocycles. The Morgan fingerprint density at radius 3 is 2.43 bits per heavy atom. The van der Waals surface area contributed by atoms with E-state index >= 15 is 0 Å². The van der Waals surface area contributed by atoms with Crippen molar-refractivity contribution < 1.29 is 9.53 Å². The van der Waals surface area contributed by atoms with Crippen molar-refractivity contribution in [3.05, 3.63) is 29.8 Å². The van der Waals surface area contributed by atoms with E-state index < -0.39 is 5.97 Å². The number of ether oxygens (including phenoxy) is 1. The van der Waals surface area contributed by atoms with Crippen molar-refractivity contribution in [2.75, 3.05) is 0 Å². The van der Waals surface area contributed by atoms with Crippen LogP contribution in [0.25, 0.3) is 0 Å². The van der Waals surface area contributed by atoms with Crippen LogP contribution in [0, 0.1) is 22.7 Å². The summed E-state index contributed by atoms with van der Waals surface area (Å²) >= 11 is 0. The molecule has 0 fully saturated rings. The van der Waals surface area contributed by atoms with Crippen molar-refractivity contribution in [1.29, 1.82) is 10.5 Å². The molecule has 0 aliphatic heterocycles. The van der Waals surface area contributed by atoms with E-state index in [9.17, 15) is 4.79 Å². The van der Waals surface area contributed by atoms with E-state index in [-0.39, 0.29) is 6.42 Å². The maximum atomic E-state index is 10.9. The second-order valence-electron chi connectivity index (χ2n) is 2.45. The molecule has 0 aliphatic carbocycles. The number of carbonyl (C=O) groups excluding carboxylic acids is 1. The van der Waals surface area contributed by atoms with Gasteiger partial charge in [-0.15, -0.1) is 0 Å². The summed E-state index contributed by atoms with van der Waals surface area (Å²) in [6, 6.07) is 9.71. The Bertz CT molecular complexity index is 409. The highest BCUT2D eigenvalue weighted by Crippen LogP contribution is 2.11. The van der Waals surface area contributed by atoms with Crippen molar-refractivity contribution >= 4 is 5.97 Å². The SMILES string of the molecule is N#CCC(=O)Oc1ccc(C#N)cc1. The van der Waals surface area contributed by atoms with Crippen molar-refractivity contribution in [3.63, 3.8) is 0 Å². The third-order valence-electron chi connectivity index (χ3n) is 1.44. The Morgan fingerprint density at radius 1 is 1.29 bits per heavy atom. The molecule has 0 heterocycles. The van der Waals surface area contributed by atoms with Gasteiger partial charge in [0.25, 0.3) is 0 Å². The number of hydrogen-bond donors (Lipinski definition) is 0. The molecule has 0 saturated heterocycles. The van der Waals surface area contributed by atoms with Gasteiger partial charge < -0.3 is 4.74 Å². The molecule has 0 bridgehead atoms. The van der Waals surface area contributed by atoms with Gasteiger partial charge in [0.1, 0.15) is 12.2 Å². The van der Waals surface area contributed by atoms with Crippen molar-refractivity contribution in [2.24, 2.45) is 0 Å². The summed E-state index contributed by atoms with van der Waals surface area (Å²) in [5.74, 6) is -0.263. The Hall–Kier alpha value is -2.33. The molecule has 0 N–H and O–H groups in total. The highest BCUT2D eigenvalue weighted by molar-refractivity contribution is 5.74. The molecule has 1 rings (SSSR count). The molecule has 4 nitrogen and oxygen atoms in total. The van der Waals surface area contributed by atoms with Crippen LogP contribution in [0.5, 0.6) is 5.75 Å². The first-order valence-corrected chi connectivity index (χ1v) is 3.84. The molecule has 68 valence electrons. The van der Waals surface area contributed by atoms with Crippen molar-refractivity contribution in [1.82, 2.24) is 0 Å². The summed E-state index contributed by atoms with van der Waals surface area (Å²) in [4.78, 5) is 10.9. The topological polar surface area (TPSA) is 73.9 Å². The Labute approximate surface area is 81.0 Å². The zero-order valence-electron chi connectivity index (χ0n) is 7.23. The van der Waals surface area contributed by atoms with E-state index in [0.717, 1.165) is 0 Å². The van der Waals surface area contributed by atoms with Gasteiger partial charge in [-0.05, 0) is 24.3 Å². The van der Waals surface area contributed by atoms with Crippen molar-refractivity contribution in [3.8, 4) is 17.9 Å². The molecule has 0 spiro atoms. The highest BCUT2D eigenvalue weighted by atomic mass is 16.5. The zero-order valence-corrected chi connectivity index (χ0v) is 7.23. The van der Waals surface area contributed by atoms with Crippen LogP contribution in [0.2, 0.25) is 0 Å². The second-order valence-corrected chi connectivity index (χ2v) is 2.45. The first-order chi connectivity index (χ1) is 6.76. The van der Waals surface area contributed by atoms with Gasteiger partial charge in [0.05, 0.1) is 17.7 Å². The fourth-order valence-electron chi connectivity index (χ4n) is 0.830. The van der Waals surface area contributed by atoms with Gasteiger partial charge in [0.15, 0.2) is 0 Å². The molecule has 0 radical (unpaired) electrons. The lowest BCUT2D eigenvalue weighted by molar-refractivity contribution is -0.133. The Kier molecular flexibility index (Phi) is 3.23. The van der Waals surface area contributed by atoms with E-state index in [0.29, 0.717) is 11.3 Å². The third kappa shape index (κ3) is 2.62. The average molecular weight is 186 g/mol. The number of esters is 1. The molecule has 14 heavy (non-hydrogen) atoms. The normalized spacial score (nSPS) is 8.43. The molecule has 0 aromatic heterocycles. The Balaban J connectivity index is 2.66. The number of hydrogen-bond acceptors (Lipinski definition) is 4. The number of carbonyl (C=O) groups is 1. The van der Waals surface area contributed by atoms with Crippen LogP contribution < -0.4 is 4.74 Å². The lowest BCUT2D eigenvalue weighted by Gasteiger charge is -2.00. The van der Waals surface area contributed by atoms with E-state index in [2.05, 4.69) is 0 Å². The molecular weight excluding hydrogens is 180 g/mol. The van der Waals surface area contributed by atoms with E-state index in [4.69, 9.17) is 15.3 Å². The monoisotopic (exact) mass is 186 g/mol. The quantitative estimate of drug-likeness (QED) is 0.516. The van der Waals surface area contributed by atoms with Crippen LogP contribution in [0.4, 0.5) is 0 Å². The molecule has 1 aromatic rings. The van der Waals surface area contributed by atoms with Gasteiger partial charge in [-0.3, -0.25) is 4.79 Å². The summed E-state index contributed by atoms with van der Waals surface area (Å²) in [5.41, 5.74) is 0.491. The third-order valence-corrected chi connectivity index (χ3v) is 1.44. The van der Waals surface area contributed by atoms with Crippen LogP contribution >= 0.6 is 0 Å². The van der Waals surface area contributed by atoms with Crippen LogP contribution in [0.3, 0.4) is 0 Å². The van der Waals surface area contributed by atoms with Crippen LogP contribution in [0.15, 0.2) is 24.3 Å². The fourth-order valence-corrected chi connectivity index (χ4v) is 0.830. The molecular formula is C10H6N2O2. The zero-order chi connectivity index (χ0) is 10.4. The fraction of sp³-hybridized carbons (Fsp3) is 0.100. The van der Waals surface area contributed by atoms with E-state index in [1.54, 1.807) is 6.07 Å². The minimum atomic E-state index is -0.600. The summed E-state index contributed by atoms with van der Waals surface area (Å²) in [6.07, 6.45) is -0.278. The Morgan fingerprint density at radius 2 is 1.93 bits per heavy atom. The molecule has 0 amide bonds. The summed E-state index contributed by atoms with van der Waals surface area (Å²) in [6.45, 7) is 0. The number of rotatable bonds is 2. The average Bonchev–Trinajstić information content (AvgIpc) is 2.19. The largest absolute Gasteiger partial charge is 0.426 e. The smallest absolute Gasteiger partial charge is 0.325 e. The molecule has 4 heteroatoms. The summed E-state index contributed by atoms with van der Waals surface area (Å²) in [5, 5.41) is 16.7. The first kappa shape index (κ1) is 9.76. The highest BCUT2D eigenvalue weighted by Gasteiger charge is 2.02. The summed E-state index contributed by atoms with van der Waals surface area (Å²) < 4.78 is 4.78. The standard InChI is InChI=1S/C10H6N2O2/c11-6-5-10(13)14-9-3-1-8(7-12)2-4-9/h1-4H,5H2. The number of nitriles is 2. The summed E-state index contributed by atoms with van der Waals surface area (Å²) in [7, 11) is 0. The molecule has 0 unspecified atom stereocenters. The minimum Gasteiger partial charge on any atom is -0.426 e. The van der Waals surface area contributed by atoms with Crippen LogP contribution in [-0.4, -0.2) is 5.97 Å². The molecule has 0 saturated carbocycles. The molecule has 0 aliphatic rings. The lowest BCUT2D eigenvalue weighted by atomic mass is 10.2. The van der Waals surface area contributed by atoms with Gasteiger partial charge >= 0.3 is 5.97 Å². The predicted octanol–water partition coefficient (Wildman–Crippen LogP) is 1.38. The van der Waals surface area contributed by atoms with E-state index in [1.807, 2.05) is 6.07 Å². The van der Waals surface area contributed by atoms with Gasteiger partial charge in [-0.25, -0.2) is 0 Å². The second kappa shape index (κ2) is 4.64. The van der Waals surface area contributed by atoms with E-state index in [1.165, 1.54) is 24.3 Å². The van der Waals surface area contributed by atoms with Gasteiger partial charge in [-0.2, -0.15) is 10.5 Å². The number of nitrogens with zero attached hydrogens (tertiary/aromatic N) is 2. The maximum absolute atomic E-state index is 10.9. The van der Waals surface area contributed by atoms with Gasteiger partial charge in [0, 0.05) is 0 Å².